The van der Waals surface area contributed by atoms with Gasteiger partial charge in [-0.3, -0.25) is 13.9 Å². The van der Waals surface area contributed by atoms with Crippen LogP contribution in [0.5, 0.6) is 5.75 Å². The molecule has 41 heavy (non-hydrogen) atoms. The summed E-state index contributed by atoms with van der Waals surface area (Å²) in [6.07, 6.45) is 1.04. The molecule has 10 heteroatoms. The van der Waals surface area contributed by atoms with Crippen LogP contribution in [0.3, 0.4) is 0 Å². The SMILES string of the molecule is CCOc1ccccc1N(CC(=O)N(Cc1ccccc1Cl)[C@@H](CC)C(=O)N[C@H](C)CC)S(=O)(=O)c1ccccc1. The maximum Gasteiger partial charge on any atom is 0.264 e. The molecule has 0 spiro atoms. The van der Waals surface area contributed by atoms with Gasteiger partial charge in [0.25, 0.3) is 10.0 Å². The fraction of sp³-hybridized carbons (Fsp3) is 0.355. The Morgan fingerprint density at radius 2 is 1.54 bits per heavy atom. The van der Waals surface area contributed by atoms with Crippen LogP contribution in [0.15, 0.2) is 83.8 Å². The molecule has 0 aromatic heterocycles. The van der Waals surface area contributed by atoms with Crippen LogP contribution in [-0.4, -0.2) is 50.4 Å². The van der Waals surface area contributed by atoms with Crippen LogP contribution < -0.4 is 14.4 Å². The summed E-state index contributed by atoms with van der Waals surface area (Å²) in [5.74, 6) is -0.544. The lowest BCUT2D eigenvalue weighted by atomic mass is 10.1. The number of amides is 2. The molecule has 0 unspecified atom stereocenters. The van der Waals surface area contributed by atoms with Gasteiger partial charge in [0.05, 0.1) is 17.2 Å². The lowest BCUT2D eigenvalue weighted by Gasteiger charge is -2.34. The van der Waals surface area contributed by atoms with E-state index in [-0.39, 0.29) is 29.1 Å². The predicted molar refractivity (Wildman–Crippen MR) is 163 cm³/mol. The molecule has 0 saturated heterocycles. The number of benzene rings is 3. The van der Waals surface area contributed by atoms with Gasteiger partial charge < -0.3 is 15.0 Å². The first-order chi connectivity index (χ1) is 19.6. The number of sulfonamides is 1. The van der Waals surface area contributed by atoms with Crippen LogP contribution >= 0.6 is 11.6 Å². The van der Waals surface area contributed by atoms with Crippen molar-refractivity contribution in [3.8, 4) is 5.75 Å². The zero-order chi connectivity index (χ0) is 30.0. The maximum atomic E-state index is 14.2. The van der Waals surface area contributed by atoms with Crippen molar-refractivity contribution in [3.05, 3.63) is 89.4 Å². The molecule has 3 aromatic carbocycles. The highest BCUT2D eigenvalue weighted by Gasteiger charge is 2.35. The van der Waals surface area contributed by atoms with Gasteiger partial charge in [0.15, 0.2) is 0 Å². The summed E-state index contributed by atoms with van der Waals surface area (Å²) < 4.78 is 34.8. The number of para-hydroxylation sites is 2. The van der Waals surface area contributed by atoms with E-state index in [0.717, 1.165) is 10.7 Å². The molecule has 0 bridgehead atoms. The molecule has 3 rings (SSSR count). The highest BCUT2D eigenvalue weighted by Crippen LogP contribution is 2.33. The van der Waals surface area contributed by atoms with Gasteiger partial charge in [-0.1, -0.05) is 74.0 Å². The second kappa shape index (κ2) is 14.9. The predicted octanol–water partition coefficient (Wildman–Crippen LogP) is 5.66. The van der Waals surface area contributed by atoms with E-state index in [9.17, 15) is 18.0 Å². The highest BCUT2D eigenvalue weighted by atomic mass is 35.5. The van der Waals surface area contributed by atoms with Crippen molar-refractivity contribution in [1.29, 1.82) is 0 Å². The monoisotopic (exact) mass is 599 g/mol. The standard InChI is InChI=1S/C31H38ClN3O5S/c1-5-23(4)33-31(37)27(6-2)34(21-24-15-11-12-18-26(24)32)30(36)22-35(28-19-13-14-20-29(28)40-7-3)41(38,39)25-16-9-8-10-17-25/h8-20,23,27H,5-7,21-22H2,1-4H3,(H,33,37)/t23-,27+/m1/s1. The molecule has 0 aliphatic carbocycles. The van der Waals surface area contributed by atoms with Crippen molar-refractivity contribution in [2.75, 3.05) is 17.5 Å². The average molecular weight is 600 g/mol. The van der Waals surface area contributed by atoms with Gasteiger partial charge in [0.2, 0.25) is 11.8 Å². The van der Waals surface area contributed by atoms with E-state index in [1.54, 1.807) is 73.7 Å². The van der Waals surface area contributed by atoms with E-state index in [4.69, 9.17) is 16.3 Å². The molecule has 220 valence electrons. The largest absolute Gasteiger partial charge is 0.492 e. The molecule has 0 aliphatic rings. The zero-order valence-corrected chi connectivity index (χ0v) is 25.5. The third-order valence-corrected chi connectivity index (χ3v) is 8.87. The Labute approximate surface area is 248 Å². The molecule has 0 fully saturated rings. The fourth-order valence-electron chi connectivity index (χ4n) is 4.34. The molecule has 2 atom stereocenters. The number of hydrogen-bond donors (Lipinski definition) is 1. The summed E-state index contributed by atoms with van der Waals surface area (Å²) in [6, 6.07) is 20.7. The van der Waals surface area contributed by atoms with E-state index in [0.29, 0.717) is 29.4 Å². The third-order valence-electron chi connectivity index (χ3n) is 6.73. The van der Waals surface area contributed by atoms with Crippen LogP contribution in [0.25, 0.3) is 0 Å². The molecule has 0 saturated carbocycles. The molecule has 2 amide bonds. The third kappa shape index (κ3) is 8.01. The Kier molecular flexibility index (Phi) is 11.6. The summed E-state index contributed by atoms with van der Waals surface area (Å²) in [5.41, 5.74) is 0.867. The molecule has 0 aliphatic heterocycles. The number of carbonyl (C=O) groups excluding carboxylic acids is 2. The summed E-state index contributed by atoms with van der Waals surface area (Å²) in [5, 5.41) is 3.41. The van der Waals surface area contributed by atoms with Crippen molar-refractivity contribution < 1.29 is 22.7 Å². The van der Waals surface area contributed by atoms with E-state index < -0.39 is 28.5 Å². The van der Waals surface area contributed by atoms with Gasteiger partial charge in [-0.15, -0.1) is 0 Å². The summed E-state index contributed by atoms with van der Waals surface area (Å²) in [6.45, 7) is 7.23. The van der Waals surface area contributed by atoms with Crippen molar-refractivity contribution in [2.45, 2.75) is 64.1 Å². The molecular weight excluding hydrogens is 562 g/mol. The smallest absolute Gasteiger partial charge is 0.264 e. The first-order valence-electron chi connectivity index (χ1n) is 13.8. The van der Waals surface area contributed by atoms with Crippen LogP contribution in [0.4, 0.5) is 5.69 Å². The first-order valence-corrected chi connectivity index (χ1v) is 15.6. The Bertz CT molecular complexity index is 1420. The molecule has 3 aromatic rings. The quantitative estimate of drug-likeness (QED) is 0.258. The minimum absolute atomic E-state index is 0.0251. The summed E-state index contributed by atoms with van der Waals surface area (Å²) in [4.78, 5) is 29.0. The Hall–Kier alpha value is -3.56. The van der Waals surface area contributed by atoms with Gasteiger partial charge in [0, 0.05) is 17.6 Å². The number of nitrogens with one attached hydrogen (secondary N) is 1. The molecular formula is C31H38ClN3O5S. The van der Waals surface area contributed by atoms with E-state index >= 15 is 0 Å². The van der Waals surface area contributed by atoms with E-state index in [2.05, 4.69) is 5.32 Å². The lowest BCUT2D eigenvalue weighted by molar-refractivity contribution is -0.140. The average Bonchev–Trinajstić information content (AvgIpc) is 2.97. The van der Waals surface area contributed by atoms with Gasteiger partial charge in [0.1, 0.15) is 18.3 Å². The van der Waals surface area contributed by atoms with Crippen LogP contribution in [-0.2, 0) is 26.2 Å². The normalized spacial score (nSPS) is 12.7. The number of anilines is 1. The molecule has 8 nitrogen and oxygen atoms in total. The van der Waals surface area contributed by atoms with E-state index in [1.807, 2.05) is 20.8 Å². The molecule has 0 heterocycles. The number of ether oxygens (including phenoxy) is 1. The zero-order valence-electron chi connectivity index (χ0n) is 23.9. The number of carbonyl (C=O) groups is 2. The van der Waals surface area contributed by atoms with Gasteiger partial charge in [-0.2, -0.15) is 0 Å². The van der Waals surface area contributed by atoms with Crippen molar-refractivity contribution in [1.82, 2.24) is 10.2 Å². The van der Waals surface area contributed by atoms with Crippen LogP contribution in [0, 0.1) is 0 Å². The molecule has 1 N–H and O–H groups in total. The Morgan fingerprint density at radius 3 is 2.17 bits per heavy atom. The topological polar surface area (TPSA) is 96.0 Å². The van der Waals surface area contributed by atoms with Crippen LogP contribution in [0.1, 0.15) is 46.1 Å². The fourth-order valence-corrected chi connectivity index (χ4v) is 5.99. The van der Waals surface area contributed by atoms with E-state index in [1.165, 1.54) is 17.0 Å². The van der Waals surface area contributed by atoms with Crippen molar-refractivity contribution in [2.24, 2.45) is 0 Å². The minimum atomic E-state index is -4.20. The summed E-state index contributed by atoms with van der Waals surface area (Å²) >= 11 is 6.46. The number of halogens is 1. The number of nitrogens with zero attached hydrogens (tertiary/aromatic N) is 2. The van der Waals surface area contributed by atoms with Gasteiger partial charge in [-0.05, 0) is 62.6 Å². The second-order valence-electron chi connectivity index (χ2n) is 9.58. The Morgan fingerprint density at radius 1 is 0.902 bits per heavy atom. The Balaban J connectivity index is 2.11. The maximum absolute atomic E-state index is 14.2. The molecule has 0 radical (unpaired) electrons. The van der Waals surface area contributed by atoms with Gasteiger partial charge in [-0.25, -0.2) is 8.42 Å². The van der Waals surface area contributed by atoms with Crippen molar-refractivity contribution >= 4 is 39.1 Å². The minimum Gasteiger partial charge on any atom is -0.492 e. The highest BCUT2D eigenvalue weighted by molar-refractivity contribution is 7.92. The van der Waals surface area contributed by atoms with Crippen LogP contribution in [0.2, 0.25) is 5.02 Å². The van der Waals surface area contributed by atoms with Crippen molar-refractivity contribution in [3.63, 3.8) is 0 Å². The second-order valence-corrected chi connectivity index (χ2v) is 11.8. The number of hydrogen-bond acceptors (Lipinski definition) is 5. The first kappa shape index (κ1) is 32.0. The summed E-state index contributed by atoms with van der Waals surface area (Å²) in [7, 11) is -4.20. The lowest BCUT2D eigenvalue weighted by Crippen LogP contribution is -2.53. The van der Waals surface area contributed by atoms with Gasteiger partial charge >= 0.3 is 0 Å². The number of rotatable bonds is 14.